The average Bonchev–Trinajstić information content (AvgIpc) is 3.16. The first-order valence-electron chi connectivity index (χ1n) is 9.06. The third kappa shape index (κ3) is 3.31. The molecule has 0 spiro atoms. The van der Waals surface area contributed by atoms with E-state index in [1.54, 1.807) is 24.3 Å². The highest BCUT2D eigenvalue weighted by Gasteiger charge is 2.42. The number of phenols is 1. The van der Waals surface area contributed by atoms with Crippen molar-refractivity contribution in [3.05, 3.63) is 92.4 Å². The van der Waals surface area contributed by atoms with E-state index >= 15 is 0 Å². The Kier molecular flexibility index (Phi) is 4.58. The Morgan fingerprint density at radius 1 is 0.862 bits per heavy atom. The number of ether oxygens (including phenoxy) is 1. The number of hydrogen-bond acceptors (Lipinski definition) is 4. The summed E-state index contributed by atoms with van der Waals surface area (Å²) in [4.78, 5) is 0. The van der Waals surface area contributed by atoms with Crippen molar-refractivity contribution in [1.82, 2.24) is 5.01 Å². The second kappa shape index (κ2) is 7.13. The predicted molar refractivity (Wildman–Crippen MR) is 115 cm³/mol. The molecule has 0 saturated carbocycles. The standard InChI is InChI=1S/C22H15Cl3N2O2/c23-13-3-1-12(2-4-13)18-11-19-16-9-15(25)6-8-21(16)29-22(27(19)26-18)17-10-14(24)5-7-20(17)28/h1-10,19,22,28H,11H2/t19-,22+/m1/s1. The molecule has 3 aromatic rings. The number of rotatable bonds is 2. The van der Waals surface area contributed by atoms with Crippen molar-refractivity contribution < 1.29 is 9.84 Å². The van der Waals surface area contributed by atoms with Gasteiger partial charge < -0.3 is 9.84 Å². The molecule has 29 heavy (non-hydrogen) atoms. The van der Waals surface area contributed by atoms with Gasteiger partial charge in [-0.05, 0) is 54.1 Å². The molecule has 4 nitrogen and oxygen atoms in total. The van der Waals surface area contributed by atoms with Gasteiger partial charge in [0.15, 0.2) is 0 Å². The summed E-state index contributed by atoms with van der Waals surface area (Å²) in [5, 5.41) is 19.0. The highest BCUT2D eigenvalue weighted by Crippen LogP contribution is 2.49. The Morgan fingerprint density at radius 3 is 2.28 bits per heavy atom. The first kappa shape index (κ1) is 18.6. The van der Waals surface area contributed by atoms with E-state index in [9.17, 15) is 5.11 Å². The molecular formula is C22H15Cl3N2O2. The predicted octanol–water partition coefficient (Wildman–Crippen LogP) is 6.59. The van der Waals surface area contributed by atoms with Gasteiger partial charge in [-0.1, -0.05) is 46.9 Å². The summed E-state index contributed by atoms with van der Waals surface area (Å²) >= 11 is 18.5. The van der Waals surface area contributed by atoms with Gasteiger partial charge in [-0.3, -0.25) is 0 Å². The van der Waals surface area contributed by atoms with Gasteiger partial charge in [0.25, 0.3) is 0 Å². The van der Waals surface area contributed by atoms with E-state index in [0.717, 1.165) is 16.8 Å². The topological polar surface area (TPSA) is 45.1 Å². The molecule has 146 valence electrons. The zero-order valence-electron chi connectivity index (χ0n) is 15.0. The number of fused-ring (bicyclic) bond motifs is 3. The maximum Gasteiger partial charge on any atom is 0.217 e. The van der Waals surface area contributed by atoms with E-state index in [-0.39, 0.29) is 11.8 Å². The van der Waals surface area contributed by atoms with Crippen LogP contribution in [-0.2, 0) is 0 Å². The van der Waals surface area contributed by atoms with E-state index in [2.05, 4.69) is 0 Å². The maximum absolute atomic E-state index is 10.5. The molecule has 0 aliphatic carbocycles. The molecule has 0 bridgehead atoms. The quantitative estimate of drug-likeness (QED) is 0.483. The molecule has 1 N–H and O–H groups in total. The number of benzene rings is 3. The number of phenolic OH excluding ortho intramolecular Hbond substituents is 1. The molecule has 0 fully saturated rings. The highest BCUT2D eigenvalue weighted by atomic mass is 35.5. The van der Waals surface area contributed by atoms with Crippen LogP contribution in [0.2, 0.25) is 15.1 Å². The molecule has 2 heterocycles. The molecule has 2 aliphatic heterocycles. The third-order valence-corrected chi connectivity index (χ3v) is 5.91. The van der Waals surface area contributed by atoms with Gasteiger partial charge in [0.2, 0.25) is 6.23 Å². The molecular weight excluding hydrogens is 431 g/mol. The highest BCUT2D eigenvalue weighted by molar-refractivity contribution is 6.31. The van der Waals surface area contributed by atoms with Crippen LogP contribution >= 0.6 is 34.8 Å². The van der Waals surface area contributed by atoms with Crippen molar-refractivity contribution in [2.45, 2.75) is 18.7 Å². The van der Waals surface area contributed by atoms with Crippen molar-refractivity contribution in [2.24, 2.45) is 5.10 Å². The minimum Gasteiger partial charge on any atom is -0.507 e. The van der Waals surface area contributed by atoms with Gasteiger partial charge in [-0.25, -0.2) is 5.01 Å². The van der Waals surface area contributed by atoms with Gasteiger partial charge in [0.05, 0.1) is 17.3 Å². The molecule has 2 atom stereocenters. The molecule has 0 radical (unpaired) electrons. The smallest absolute Gasteiger partial charge is 0.217 e. The van der Waals surface area contributed by atoms with Crippen molar-refractivity contribution in [3.63, 3.8) is 0 Å². The number of nitrogens with zero attached hydrogens (tertiary/aromatic N) is 2. The number of hydrazone groups is 1. The van der Waals surface area contributed by atoms with E-state index in [0.29, 0.717) is 32.8 Å². The lowest BCUT2D eigenvalue weighted by molar-refractivity contribution is -0.0203. The van der Waals surface area contributed by atoms with E-state index in [4.69, 9.17) is 44.6 Å². The SMILES string of the molecule is Oc1ccc(Cl)cc1[C@@H]1Oc2ccc(Cl)cc2[C@H]2CC(c3ccc(Cl)cc3)=NN21. The third-order valence-electron chi connectivity index (χ3n) is 5.18. The summed E-state index contributed by atoms with van der Waals surface area (Å²) in [6, 6.07) is 18.0. The van der Waals surface area contributed by atoms with Crippen LogP contribution in [0, 0.1) is 0 Å². The lowest BCUT2D eigenvalue weighted by Crippen LogP contribution is -2.33. The molecule has 2 aliphatic rings. The van der Waals surface area contributed by atoms with Gasteiger partial charge in [0, 0.05) is 27.1 Å². The van der Waals surface area contributed by atoms with Crippen LogP contribution < -0.4 is 4.74 Å². The fourth-order valence-corrected chi connectivity index (χ4v) is 4.29. The number of halogens is 3. The fourth-order valence-electron chi connectivity index (χ4n) is 3.80. The summed E-state index contributed by atoms with van der Waals surface area (Å²) < 4.78 is 6.25. The minimum atomic E-state index is -0.614. The van der Waals surface area contributed by atoms with Crippen LogP contribution in [0.15, 0.2) is 65.8 Å². The van der Waals surface area contributed by atoms with Crippen LogP contribution in [0.3, 0.4) is 0 Å². The van der Waals surface area contributed by atoms with E-state index in [1.807, 2.05) is 41.4 Å². The zero-order valence-corrected chi connectivity index (χ0v) is 17.3. The first-order valence-corrected chi connectivity index (χ1v) is 10.2. The van der Waals surface area contributed by atoms with Gasteiger partial charge in [-0.2, -0.15) is 5.10 Å². The van der Waals surface area contributed by atoms with E-state index in [1.165, 1.54) is 0 Å². The molecule has 0 amide bonds. The Bertz CT molecular complexity index is 1130. The lowest BCUT2D eigenvalue weighted by Gasteiger charge is -2.38. The summed E-state index contributed by atoms with van der Waals surface area (Å²) in [7, 11) is 0. The van der Waals surface area contributed by atoms with Gasteiger partial charge in [0.1, 0.15) is 11.5 Å². The van der Waals surface area contributed by atoms with Crippen LogP contribution in [0.5, 0.6) is 11.5 Å². The van der Waals surface area contributed by atoms with Crippen LogP contribution in [-0.4, -0.2) is 15.8 Å². The largest absolute Gasteiger partial charge is 0.507 e. The van der Waals surface area contributed by atoms with Crippen molar-refractivity contribution in [3.8, 4) is 11.5 Å². The Labute approximate surface area is 182 Å². The number of aromatic hydroxyl groups is 1. The molecule has 5 rings (SSSR count). The Balaban J connectivity index is 1.63. The van der Waals surface area contributed by atoms with Crippen molar-refractivity contribution in [1.29, 1.82) is 0 Å². The molecule has 0 unspecified atom stereocenters. The molecule has 0 saturated heterocycles. The minimum absolute atomic E-state index is 0.0773. The molecule has 7 heteroatoms. The zero-order chi connectivity index (χ0) is 20.1. The van der Waals surface area contributed by atoms with Gasteiger partial charge >= 0.3 is 0 Å². The maximum atomic E-state index is 10.5. The van der Waals surface area contributed by atoms with Gasteiger partial charge in [-0.15, -0.1) is 0 Å². The lowest BCUT2D eigenvalue weighted by atomic mass is 9.96. The Morgan fingerprint density at radius 2 is 1.52 bits per heavy atom. The first-order chi connectivity index (χ1) is 14.0. The summed E-state index contributed by atoms with van der Waals surface area (Å²) in [5.74, 6) is 0.818. The van der Waals surface area contributed by atoms with Crippen LogP contribution in [0.1, 0.15) is 35.4 Å². The van der Waals surface area contributed by atoms with E-state index < -0.39 is 6.23 Å². The van der Waals surface area contributed by atoms with Crippen molar-refractivity contribution >= 4 is 40.5 Å². The summed E-state index contributed by atoms with van der Waals surface area (Å²) in [6.45, 7) is 0. The monoisotopic (exact) mass is 444 g/mol. The van der Waals surface area contributed by atoms with Crippen LogP contribution in [0.25, 0.3) is 0 Å². The second-order valence-corrected chi connectivity index (χ2v) is 8.32. The second-order valence-electron chi connectivity index (χ2n) is 7.01. The summed E-state index contributed by atoms with van der Waals surface area (Å²) in [6.07, 6.45) is 0.0630. The normalized spacial score (nSPS) is 20.0. The van der Waals surface area contributed by atoms with Crippen LogP contribution in [0.4, 0.5) is 0 Å². The molecule has 3 aromatic carbocycles. The average molecular weight is 446 g/mol. The number of hydrogen-bond donors (Lipinski definition) is 1. The van der Waals surface area contributed by atoms with Crippen molar-refractivity contribution in [2.75, 3.05) is 0 Å². The summed E-state index contributed by atoms with van der Waals surface area (Å²) in [5.41, 5.74) is 3.42. The Hall–Kier alpha value is -2.40. The fraction of sp³-hybridized carbons (Fsp3) is 0.136. The molecule has 0 aromatic heterocycles.